The summed E-state index contributed by atoms with van der Waals surface area (Å²) in [6, 6.07) is 0. The maximum atomic E-state index is 9.78. The van der Waals surface area contributed by atoms with E-state index in [0.29, 0.717) is 13.0 Å². The van der Waals surface area contributed by atoms with E-state index in [-0.39, 0.29) is 0 Å². The third-order valence-electron chi connectivity index (χ3n) is 1.21. The highest BCUT2D eigenvalue weighted by Crippen LogP contribution is 1.82. The Morgan fingerprint density at radius 1 is 1.27 bits per heavy atom. The third-order valence-corrected chi connectivity index (χ3v) is 1.21. The topological polar surface area (TPSA) is 93.2 Å². The summed E-state index contributed by atoms with van der Waals surface area (Å²) >= 11 is 0. The fourth-order valence-electron chi connectivity index (χ4n) is 0.680. The average molecular weight is 160 g/mol. The molecule has 0 aromatic rings. The van der Waals surface area contributed by atoms with Crippen molar-refractivity contribution >= 4 is 6.41 Å². The first-order valence-corrected chi connectivity index (χ1v) is 3.69. The molecule has 0 unspecified atom stereocenters. The van der Waals surface area contributed by atoms with Gasteiger partial charge in [0.1, 0.15) is 6.29 Å². The van der Waals surface area contributed by atoms with Crippen molar-refractivity contribution in [1.82, 2.24) is 10.6 Å². The van der Waals surface area contributed by atoms with Crippen LogP contribution in [0.25, 0.3) is 0 Å². The van der Waals surface area contributed by atoms with Crippen LogP contribution in [0.4, 0.5) is 0 Å². The van der Waals surface area contributed by atoms with Crippen LogP contribution in [0.15, 0.2) is 0 Å². The van der Waals surface area contributed by atoms with Crippen LogP contribution in [0, 0.1) is 0 Å². The SMILES string of the molecule is NC(N)NCCCCNC=O. The molecule has 0 heterocycles. The van der Waals surface area contributed by atoms with E-state index in [1.165, 1.54) is 0 Å². The van der Waals surface area contributed by atoms with Gasteiger partial charge in [-0.15, -0.1) is 0 Å². The smallest absolute Gasteiger partial charge is 0.207 e. The van der Waals surface area contributed by atoms with Crippen molar-refractivity contribution in [2.75, 3.05) is 13.1 Å². The van der Waals surface area contributed by atoms with Crippen LogP contribution in [0.1, 0.15) is 12.8 Å². The van der Waals surface area contributed by atoms with E-state index < -0.39 is 6.29 Å². The van der Waals surface area contributed by atoms with Crippen molar-refractivity contribution in [3.8, 4) is 0 Å². The second-order valence-electron chi connectivity index (χ2n) is 2.26. The lowest BCUT2D eigenvalue weighted by atomic mass is 10.3. The summed E-state index contributed by atoms with van der Waals surface area (Å²) in [5.74, 6) is 0. The molecule has 66 valence electrons. The summed E-state index contributed by atoms with van der Waals surface area (Å²) in [5, 5.41) is 5.43. The fourth-order valence-corrected chi connectivity index (χ4v) is 0.680. The lowest BCUT2D eigenvalue weighted by molar-refractivity contribution is -0.109. The molecule has 0 saturated carbocycles. The molecule has 0 radical (unpaired) electrons. The molecule has 0 aliphatic carbocycles. The van der Waals surface area contributed by atoms with Crippen LogP contribution in [-0.4, -0.2) is 25.8 Å². The zero-order valence-electron chi connectivity index (χ0n) is 6.55. The molecule has 11 heavy (non-hydrogen) atoms. The lowest BCUT2D eigenvalue weighted by Crippen LogP contribution is -2.45. The highest BCUT2D eigenvalue weighted by Gasteiger charge is 1.90. The Balaban J connectivity index is 2.85. The molecule has 0 rings (SSSR count). The van der Waals surface area contributed by atoms with Crippen LogP contribution in [0.5, 0.6) is 0 Å². The van der Waals surface area contributed by atoms with Gasteiger partial charge in [0.05, 0.1) is 0 Å². The Kier molecular flexibility index (Phi) is 7.02. The Bertz CT molecular complexity index is 96.6. The Hall–Kier alpha value is -0.650. The van der Waals surface area contributed by atoms with Gasteiger partial charge in [0.2, 0.25) is 6.41 Å². The number of hydrogen-bond acceptors (Lipinski definition) is 4. The summed E-state index contributed by atoms with van der Waals surface area (Å²) < 4.78 is 0. The van der Waals surface area contributed by atoms with Crippen molar-refractivity contribution in [3.63, 3.8) is 0 Å². The lowest BCUT2D eigenvalue weighted by Gasteiger charge is -2.06. The quantitative estimate of drug-likeness (QED) is 0.203. The monoisotopic (exact) mass is 160 g/mol. The summed E-state index contributed by atoms with van der Waals surface area (Å²) in [4.78, 5) is 9.78. The van der Waals surface area contributed by atoms with Gasteiger partial charge in [-0.3, -0.25) is 10.1 Å². The summed E-state index contributed by atoms with van der Waals surface area (Å²) in [6.45, 7) is 1.50. The summed E-state index contributed by atoms with van der Waals surface area (Å²) in [6.07, 6.45) is 2.17. The van der Waals surface area contributed by atoms with E-state index in [1.807, 2.05) is 0 Å². The number of nitrogens with two attached hydrogens (primary N) is 2. The van der Waals surface area contributed by atoms with Gasteiger partial charge in [-0.2, -0.15) is 0 Å². The maximum absolute atomic E-state index is 9.78. The van der Waals surface area contributed by atoms with E-state index in [4.69, 9.17) is 11.5 Å². The molecule has 0 aromatic carbocycles. The second-order valence-corrected chi connectivity index (χ2v) is 2.26. The van der Waals surface area contributed by atoms with E-state index >= 15 is 0 Å². The van der Waals surface area contributed by atoms with Crippen molar-refractivity contribution in [1.29, 1.82) is 0 Å². The van der Waals surface area contributed by atoms with Gasteiger partial charge >= 0.3 is 0 Å². The summed E-state index contributed by atoms with van der Waals surface area (Å²) in [7, 11) is 0. The third kappa shape index (κ3) is 9.35. The minimum Gasteiger partial charge on any atom is -0.359 e. The largest absolute Gasteiger partial charge is 0.359 e. The zero-order valence-corrected chi connectivity index (χ0v) is 6.55. The molecule has 6 N–H and O–H groups in total. The van der Waals surface area contributed by atoms with Gasteiger partial charge in [0.25, 0.3) is 0 Å². The Labute approximate surface area is 66.5 Å². The minimum atomic E-state index is -0.436. The molecule has 0 aromatic heterocycles. The highest BCUT2D eigenvalue weighted by atomic mass is 16.1. The number of unbranched alkanes of at least 4 members (excludes halogenated alkanes) is 1. The van der Waals surface area contributed by atoms with Gasteiger partial charge in [-0.25, -0.2) is 0 Å². The van der Waals surface area contributed by atoms with Gasteiger partial charge in [0.15, 0.2) is 0 Å². The van der Waals surface area contributed by atoms with Gasteiger partial charge in [-0.05, 0) is 19.4 Å². The molecule has 0 spiro atoms. The first kappa shape index (κ1) is 10.3. The van der Waals surface area contributed by atoms with Gasteiger partial charge in [0, 0.05) is 6.54 Å². The van der Waals surface area contributed by atoms with Crippen LogP contribution in [-0.2, 0) is 4.79 Å². The van der Waals surface area contributed by atoms with E-state index in [1.54, 1.807) is 0 Å². The molecule has 1 amide bonds. The standard InChI is InChI=1S/C6H16N4O/c7-6(8)10-4-2-1-3-9-5-11/h5-6,10H,1-4,7-8H2,(H,9,11). The molecule has 0 fully saturated rings. The summed E-state index contributed by atoms with van der Waals surface area (Å²) in [5.41, 5.74) is 10.5. The zero-order chi connectivity index (χ0) is 8.53. The van der Waals surface area contributed by atoms with E-state index in [0.717, 1.165) is 19.4 Å². The molecule has 0 atom stereocenters. The van der Waals surface area contributed by atoms with Crippen molar-refractivity contribution in [2.24, 2.45) is 11.5 Å². The Morgan fingerprint density at radius 3 is 2.45 bits per heavy atom. The molecular formula is C6H16N4O. The van der Waals surface area contributed by atoms with Crippen LogP contribution >= 0.6 is 0 Å². The molecule has 0 saturated heterocycles. The molecule has 0 aliphatic heterocycles. The molecular weight excluding hydrogens is 144 g/mol. The Morgan fingerprint density at radius 2 is 1.91 bits per heavy atom. The minimum absolute atomic E-state index is 0.436. The molecule has 0 aliphatic rings. The normalized spacial score (nSPS) is 10.1. The number of nitrogens with one attached hydrogen (secondary N) is 2. The molecule has 5 nitrogen and oxygen atoms in total. The second kappa shape index (κ2) is 7.46. The predicted octanol–water partition coefficient (Wildman–Crippen LogP) is -1.70. The number of carbonyl (C=O) groups excluding carboxylic acids is 1. The average Bonchev–Trinajstić information content (AvgIpc) is 1.96. The number of hydrogen-bond donors (Lipinski definition) is 4. The van der Waals surface area contributed by atoms with Crippen molar-refractivity contribution in [3.05, 3.63) is 0 Å². The van der Waals surface area contributed by atoms with Crippen LogP contribution < -0.4 is 22.1 Å². The maximum Gasteiger partial charge on any atom is 0.207 e. The number of rotatable bonds is 7. The molecule has 5 heteroatoms. The van der Waals surface area contributed by atoms with Gasteiger partial charge in [-0.1, -0.05) is 0 Å². The van der Waals surface area contributed by atoms with Gasteiger partial charge < -0.3 is 16.8 Å². The van der Waals surface area contributed by atoms with Crippen molar-refractivity contribution in [2.45, 2.75) is 19.1 Å². The number of amides is 1. The van der Waals surface area contributed by atoms with E-state index in [9.17, 15) is 4.79 Å². The predicted molar refractivity (Wildman–Crippen MR) is 43.5 cm³/mol. The van der Waals surface area contributed by atoms with Crippen LogP contribution in [0.3, 0.4) is 0 Å². The van der Waals surface area contributed by atoms with Crippen molar-refractivity contribution < 1.29 is 4.79 Å². The number of carbonyl (C=O) groups is 1. The first-order chi connectivity index (χ1) is 5.27. The fraction of sp³-hybridized carbons (Fsp3) is 0.833. The van der Waals surface area contributed by atoms with E-state index in [2.05, 4.69) is 10.6 Å². The highest BCUT2D eigenvalue weighted by molar-refractivity contribution is 5.45. The first-order valence-electron chi connectivity index (χ1n) is 3.69. The van der Waals surface area contributed by atoms with Crippen LogP contribution in [0.2, 0.25) is 0 Å². The molecule has 0 bridgehead atoms.